The fourth-order valence-corrected chi connectivity index (χ4v) is 3.71. The Hall–Kier alpha value is -2.71. The highest BCUT2D eigenvalue weighted by atomic mass is 16.5. The average molecular weight is 385 g/mol. The number of H-pyrrole nitrogens is 1. The monoisotopic (exact) mass is 385 g/mol. The molecule has 0 bridgehead atoms. The molecule has 0 radical (unpaired) electrons. The molecule has 1 aliphatic rings. The smallest absolute Gasteiger partial charge is 0.173 e. The summed E-state index contributed by atoms with van der Waals surface area (Å²) in [5.41, 5.74) is 4.87. The standard InChI is InChI=1S/C24H28BN3O/c1-23(2)24(3,4)29-21(25-23)18-13-17-14-19(27-22(17)26-15-18)10-7-16-8-11-20(12-9-16)28(5)6/h8-9,11-15,21,25H,1-6H3,(H,26,27). The van der Waals surface area contributed by atoms with Crippen LogP contribution in [0.5, 0.6) is 0 Å². The predicted octanol–water partition coefficient (Wildman–Crippen LogP) is 4.47. The molecule has 0 spiro atoms. The van der Waals surface area contributed by atoms with E-state index in [2.05, 4.69) is 78.7 Å². The molecule has 0 aliphatic carbocycles. The van der Waals surface area contributed by atoms with Crippen molar-refractivity contribution in [1.82, 2.24) is 9.97 Å². The van der Waals surface area contributed by atoms with Crippen LogP contribution in [0.15, 0.2) is 42.6 Å². The SMILES string of the molecule is CN(C)c1ccc(C#Cc2cc3cc(C4BC(C)(C)C(C)(C)O4)cnc3[nH]2)cc1. The van der Waals surface area contributed by atoms with Gasteiger partial charge in [-0.3, -0.25) is 0 Å². The van der Waals surface area contributed by atoms with Crippen molar-refractivity contribution in [2.45, 2.75) is 44.6 Å². The minimum atomic E-state index is -0.149. The molecule has 1 N–H and O–H groups in total. The van der Waals surface area contributed by atoms with E-state index in [1.54, 1.807) is 0 Å². The van der Waals surface area contributed by atoms with Crippen molar-refractivity contribution >= 4 is 24.0 Å². The van der Waals surface area contributed by atoms with Crippen LogP contribution in [-0.2, 0) is 4.74 Å². The summed E-state index contributed by atoms with van der Waals surface area (Å²) >= 11 is 0. The van der Waals surface area contributed by atoms with Crippen LogP contribution in [0.1, 0.15) is 50.5 Å². The third kappa shape index (κ3) is 3.78. The molecule has 5 heteroatoms. The third-order valence-corrected chi connectivity index (χ3v) is 6.35. The molecule has 2 aromatic heterocycles. The number of anilines is 1. The van der Waals surface area contributed by atoms with E-state index in [0.717, 1.165) is 35.1 Å². The zero-order chi connectivity index (χ0) is 20.8. The minimum Gasteiger partial charge on any atom is -0.378 e. The number of ether oxygens (including phenoxy) is 1. The van der Waals surface area contributed by atoms with Gasteiger partial charge in [0, 0.05) is 36.9 Å². The molecular formula is C24H28BN3O. The van der Waals surface area contributed by atoms with Crippen molar-refractivity contribution in [1.29, 1.82) is 0 Å². The molecule has 1 unspecified atom stereocenters. The van der Waals surface area contributed by atoms with Gasteiger partial charge in [0.1, 0.15) is 5.65 Å². The Morgan fingerprint density at radius 1 is 1.07 bits per heavy atom. The maximum atomic E-state index is 6.36. The Morgan fingerprint density at radius 2 is 1.79 bits per heavy atom. The van der Waals surface area contributed by atoms with Gasteiger partial charge in [0.25, 0.3) is 0 Å². The Morgan fingerprint density at radius 3 is 2.41 bits per heavy atom. The number of hydrogen-bond donors (Lipinski definition) is 1. The van der Waals surface area contributed by atoms with Crippen molar-refractivity contribution in [3.63, 3.8) is 0 Å². The highest BCUT2D eigenvalue weighted by Crippen LogP contribution is 2.51. The molecule has 1 fully saturated rings. The molecular weight excluding hydrogens is 357 g/mol. The first kappa shape index (κ1) is 19.6. The van der Waals surface area contributed by atoms with Gasteiger partial charge in [-0.25, -0.2) is 4.98 Å². The van der Waals surface area contributed by atoms with Crippen molar-refractivity contribution in [3.8, 4) is 11.8 Å². The largest absolute Gasteiger partial charge is 0.378 e. The van der Waals surface area contributed by atoms with E-state index < -0.39 is 0 Å². The molecule has 148 valence electrons. The molecule has 0 amide bonds. The summed E-state index contributed by atoms with van der Waals surface area (Å²) in [6, 6.07) is 12.6. The average Bonchev–Trinajstić information content (AvgIpc) is 3.16. The number of hydrogen-bond acceptors (Lipinski definition) is 3. The normalized spacial score (nSPS) is 19.4. The number of aromatic amines is 1. The first-order valence-electron chi connectivity index (χ1n) is 10.1. The molecule has 3 heterocycles. The summed E-state index contributed by atoms with van der Waals surface area (Å²) in [5.74, 6) is 6.45. The molecule has 4 rings (SSSR count). The molecule has 1 aliphatic heterocycles. The number of rotatable bonds is 2. The van der Waals surface area contributed by atoms with Crippen LogP contribution in [0, 0.1) is 11.8 Å². The van der Waals surface area contributed by atoms with Crippen LogP contribution >= 0.6 is 0 Å². The zero-order valence-corrected chi connectivity index (χ0v) is 18.1. The second-order valence-electron chi connectivity index (χ2n) is 9.29. The summed E-state index contributed by atoms with van der Waals surface area (Å²) in [7, 11) is 5.06. The van der Waals surface area contributed by atoms with Gasteiger partial charge in [-0.05, 0) is 67.0 Å². The van der Waals surface area contributed by atoms with Crippen molar-refractivity contribution in [3.05, 3.63) is 59.4 Å². The Kier molecular flexibility index (Phi) is 4.71. The van der Waals surface area contributed by atoms with Crippen LogP contribution in [-0.4, -0.2) is 36.9 Å². The summed E-state index contributed by atoms with van der Waals surface area (Å²) in [6.45, 7) is 8.89. The summed E-state index contributed by atoms with van der Waals surface area (Å²) in [6.07, 6.45) is 1.93. The fourth-order valence-electron chi connectivity index (χ4n) is 3.71. The number of fused-ring (bicyclic) bond motifs is 1. The second kappa shape index (κ2) is 6.97. The van der Waals surface area contributed by atoms with Crippen LogP contribution < -0.4 is 4.90 Å². The topological polar surface area (TPSA) is 41.1 Å². The first-order valence-corrected chi connectivity index (χ1v) is 10.1. The van der Waals surface area contributed by atoms with E-state index in [4.69, 9.17) is 4.74 Å². The quantitative estimate of drug-likeness (QED) is 0.523. The van der Waals surface area contributed by atoms with Gasteiger partial charge in [0.05, 0.1) is 17.3 Å². The zero-order valence-electron chi connectivity index (χ0n) is 18.1. The van der Waals surface area contributed by atoms with E-state index in [1.807, 2.05) is 32.4 Å². The number of nitrogens with one attached hydrogen (secondary N) is 1. The first-order chi connectivity index (χ1) is 13.6. The Bertz CT molecular complexity index is 1080. The van der Waals surface area contributed by atoms with Gasteiger partial charge < -0.3 is 14.6 Å². The van der Waals surface area contributed by atoms with Crippen molar-refractivity contribution in [2.75, 3.05) is 19.0 Å². The molecule has 1 saturated heterocycles. The van der Waals surface area contributed by atoms with Gasteiger partial charge in [0.15, 0.2) is 7.28 Å². The minimum absolute atomic E-state index is 0.0801. The van der Waals surface area contributed by atoms with Gasteiger partial charge in [-0.2, -0.15) is 0 Å². The maximum Gasteiger partial charge on any atom is 0.173 e. The van der Waals surface area contributed by atoms with E-state index >= 15 is 0 Å². The van der Waals surface area contributed by atoms with Crippen LogP contribution in [0.2, 0.25) is 5.31 Å². The Labute approximate surface area is 173 Å². The van der Waals surface area contributed by atoms with E-state index in [1.165, 1.54) is 5.69 Å². The maximum absolute atomic E-state index is 6.36. The number of benzene rings is 1. The number of aromatic nitrogens is 2. The second-order valence-corrected chi connectivity index (χ2v) is 9.29. The van der Waals surface area contributed by atoms with Gasteiger partial charge in [0.2, 0.25) is 0 Å². The highest BCUT2D eigenvalue weighted by molar-refractivity contribution is 6.43. The number of nitrogens with zero attached hydrogens (tertiary/aromatic N) is 2. The predicted molar refractivity (Wildman–Crippen MR) is 122 cm³/mol. The molecule has 4 nitrogen and oxygen atoms in total. The lowest BCUT2D eigenvalue weighted by Crippen LogP contribution is -2.31. The third-order valence-electron chi connectivity index (χ3n) is 6.35. The summed E-state index contributed by atoms with van der Waals surface area (Å²) in [5, 5.41) is 1.20. The van der Waals surface area contributed by atoms with Crippen LogP contribution in [0.3, 0.4) is 0 Å². The lowest BCUT2D eigenvalue weighted by atomic mass is 9.47. The molecule has 3 aromatic rings. The lowest BCUT2D eigenvalue weighted by molar-refractivity contribution is -0.0343. The summed E-state index contributed by atoms with van der Waals surface area (Å²) in [4.78, 5) is 10.0. The van der Waals surface area contributed by atoms with Crippen LogP contribution in [0.25, 0.3) is 11.0 Å². The van der Waals surface area contributed by atoms with Gasteiger partial charge in [-0.1, -0.05) is 19.8 Å². The van der Waals surface area contributed by atoms with Gasteiger partial charge in [-0.15, -0.1) is 0 Å². The molecule has 29 heavy (non-hydrogen) atoms. The lowest BCUT2D eigenvalue weighted by Gasteiger charge is -2.33. The molecule has 1 aromatic carbocycles. The Balaban J connectivity index is 1.57. The highest BCUT2D eigenvalue weighted by Gasteiger charge is 2.49. The van der Waals surface area contributed by atoms with E-state index in [9.17, 15) is 0 Å². The van der Waals surface area contributed by atoms with Crippen molar-refractivity contribution in [2.24, 2.45) is 0 Å². The van der Waals surface area contributed by atoms with Crippen molar-refractivity contribution < 1.29 is 4.74 Å². The molecule has 0 saturated carbocycles. The summed E-state index contributed by atoms with van der Waals surface area (Å²) < 4.78 is 6.36. The molecule has 1 atom stereocenters. The van der Waals surface area contributed by atoms with Crippen LogP contribution in [0.4, 0.5) is 5.69 Å². The fraction of sp³-hybridized carbons (Fsp3) is 0.375. The van der Waals surface area contributed by atoms with E-state index in [-0.39, 0.29) is 16.9 Å². The van der Waals surface area contributed by atoms with E-state index in [0.29, 0.717) is 0 Å². The number of pyridine rings is 1. The van der Waals surface area contributed by atoms with Gasteiger partial charge >= 0.3 is 0 Å².